The molecule has 17 N–H and O–H groups in total. The van der Waals surface area contributed by atoms with Crippen LogP contribution in [0.1, 0.15) is 80.1 Å². The molecule has 6 atom stereocenters. The molecular formula is C35H62N12O12. The number of carbonyl (C=O) groups excluding carboxylic acids is 8. The van der Waals surface area contributed by atoms with E-state index in [-0.39, 0.29) is 37.7 Å². The van der Waals surface area contributed by atoms with Crippen molar-refractivity contribution in [2.75, 3.05) is 19.6 Å². The van der Waals surface area contributed by atoms with Gasteiger partial charge in [0.2, 0.25) is 47.3 Å². The lowest BCUT2D eigenvalue weighted by Crippen LogP contribution is -2.61. The van der Waals surface area contributed by atoms with Crippen LogP contribution < -0.4 is 60.2 Å². The lowest BCUT2D eigenvalue weighted by Gasteiger charge is -2.30. The van der Waals surface area contributed by atoms with Gasteiger partial charge in [0.15, 0.2) is 5.96 Å². The molecule has 0 rings (SSSR count). The Morgan fingerprint density at radius 3 is 1.49 bits per heavy atom. The normalized spacial score (nSPS) is 14.0. The maximum absolute atomic E-state index is 13.8. The summed E-state index contributed by atoms with van der Waals surface area (Å²) in [7, 11) is 0. The van der Waals surface area contributed by atoms with Crippen LogP contribution in [0.25, 0.3) is 0 Å². The third-order valence-corrected chi connectivity index (χ3v) is 8.35. The molecule has 0 aliphatic heterocycles. The number of nitrogens with one attached hydrogen (secondary N) is 7. The van der Waals surface area contributed by atoms with Crippen molar-refractivity contribution < 1.29 is 58.2 Å². The van der Waals surface area contributed by atoms with E-state index in [1.54, 1.807) is 41.5 Å². The number of aliphatic imine (C=N–C) groups is 1. The summed E-state index contributed by atoms with van der Waals surface area (Å²) >= 11 is 0. The smallest absolute Gasteiger partial charge is 0.322 e. The van der Waals surface area contributed by atoms with Gasteiger partial charge in [0, 0.05) is 13.0 Å². The molecule has 0 saturated carbocycles. The second-order valence-corrected chi connectivity index (χ2v) is 14.8. The van der Waals surface area contributed by atoms with Crippen molar-refractivity contribution in [3.05, 3.63) is 0 Å². The first kappa shape index (κ1) is 52.9. The summed E-state index contributed by atoms with van der Waals surface area (Å²) in [6.45, 7) is 8.83. The molecule has 0 radical (unpaired) electrons. The monoisotopic (exact) mass is 842 g/mol. The second kappa shape index (κ2) is 26.8. The van der Waals surface area contributed by atoms with Crippen molar-refractivity contribution >= 4 is 65.2 Å². The standard InChI is InChI=1S/C35H62N12O12/c1-16(2)12-21(45-34(59)28(18(5)6)46-31(56)19(42-24(49)14-36)8-7-11-40-35(38)39)32(57)47-27(17(3)4)33(58)43-20(9-10-23(37)48)30(55)44-22(13-25(50)51)29(54)41-15-26(52)53/h16-22,27-28H,7-15,36H2,1-6H3,(H2,37,48)(H,41,54)(H,42,49)(H,43,58)(H,44,55)(H,45,59)(H,46,56)(H,47,57)(H,50,51)(H,52,53)(H4,38,39,40)/t19-,20-,21-,22-,27-,28-/m0/s1. The third kappa shape index (κ3) is 21.9. The molecule has 0 aromatic rings. The van der Waals surface area contributed by atoms with Crippen LogP contribution in [0.5, 0.6) is 0 Å². The maximum atomic E-state index is 13.8. The number of guanidine groups is 1. The number of aliphatic carboxylic acids is 2. The van der Waals surface area contributed by atoms with Crippen LogP contribution in [0.2, 0.25) is 0 Å². The predicted octanol–water partition coefficient (Wildman–Crippen LogP) is -4.79. The van der Waals surface area contributed by atoms with Crippen molar-refractivity contribution in [3.8, 4) is 0 Å². The van der Waals surface area contributed by atoms with Gasteiger partial charge in [-0.2, -0.15) is 0 Å². The molecule has 0 spiro atoms. The zero-order chi connectivity index (χ0) is 45.6. The Hall–Kier alpha value is -6.07. The fraction of sp³-hybridized carbons (Fsp3) is 0.686. The van der Waals surface area contributed by atoms with E-state index in [1.165, 1.54) is 0 Å². The van der Waals surface area contributed by atoms with Crippen molar-refractivity contribution in [1.29, 1.82) is 0 Å². The molecule has 0 unspecified atom stereocenters. The van der Waals surface area contributed by atoms with Crippen molar-refractivity contribution in [2.24, 2.45) is 45.7 Å². The summed E-state index contributed by atoms with van der Waals surface area (Å²) in [6.07, 6.45) is -1.37. The van der Waals surface area contributed by atoms with Crippen LogP contribution in [-0.2, 0) is 47.9 Å². The molecule has 0 aromatic carbocycles. The minimum atomic E-state index is -1.78. The molecule has 0 bridgehead atoms. The first-order valence-corrected chi connectivity index (χ1v) is 19.0. The number of hydrogen-bond acceptors (Lipinski definition) is 12. The number of amides is 8. The number of nitrogens with two attached hydrogens (primary N) is 4. The fourth-order valence-corrected chi connectivity index (χ4v) is 5.33. The van der Waals surface area contributed by atoms with Gasteiger partial charge in [0.25, 0.3) is 0 Å². The lowest BCUT2D eigenvalue weighted by molar-refractivity contribution is -0.142. The predicted molar refractivity (Wildman–Crippen MR) is 211 cm³/mol. The van der Waals surface area contributed by atoms with E-state index in [0.717, 1.165) is 0 Å². The number of carbonyl (C=O) groups is 10. The van der Waals surface area contributed by atoms with E-state index in [2.05, 4.69) is 36.9 Å². The Morgan fingerprint density at radius 2 is 1.05 bits per heavy atom. The van der Waals surface area contributed by atoms with Crippen LogP contribution in [0.3, 0.4) is 0 Å². The topological polar surface area (TPSA) is 412 Å². The number of hydrogen-bond donors (Lipinski definition) is 13. The largest absolute Gasteiger partial charge is 0.481 e. The van der Waals surface area contributed by atoms with E-state index in [4.69, 9.17) is 28.0 Å². The molecule has 0 aliphatic rings. The molecule has 24 nitrogen and oxygen atoms in total. The van der Waals surface area contributed by atoms with Gasteiger partial charge in [0.1, 0.15) is 42.8 Å². The Balaban J connectivity index is 6.30. The zero-order valence-corrected chi connectivity index (χ0v) is 34.3. The number of primary amides is 1. The number of carboxylic acid groups (broad SMARTS) is 2. The van der Waals surface area contributed by atoms with Gasteiger partial charge >= 0.3 is 11.9 Å². The molecule has 334 valence electrons. The van der Waals surface area contributed by atoms with E-state index in [0.29, 0.717) is 0 Å². The summed E-state index contributed by atoms with van der Waals surface area (Å²) in [5, 5.41) is 35.0. The van der Waals surface area contributed by atoms with Gasteiger partial charge in [-0.05, 0) is 43.4 Å². The fourth-order valence-electron chi connectivity index (χ4n) is 5.33. The Morgan fingerprint density at radius 1 is 0.576 bits per heavy atom. The zero-order valence-electron chi connectivity index (χ0n) is 34.3. The summed E-state index contributed by atoms with van der Waals surface area (Å²) in [6, 6.07) is -8.30. The van der Waals surface area contributed by atoms with Gasteiger partial charge in [0.05, 0.1) is 13.0 Å². The van der Waals surface area contributed by atoms with E-state index in [1.807, 2.05) is 5.32 Å². The molecule has 59 heavy (non-hydrogen) atoms. The first-order chi connectivity index (χ1) is 27.4. The molecular weight excluding hydrogens is 780 g/mol. The highest BCUT2D eigenvalue weighted by Crippen LogP contribution is 2.12. The lowest BCUT2D eigenvalue weighted by atomic mass is 9.97. The first-order valence-electron chi connectivity index (χ1n) is 19.0. The van der Waals surface area contributed by atoms with E-state index >= 15 is 0 Å². The number of nitrogens with zero attached hydrogens (tertiary/aromatic N) is 1. The number of carboxylic acids is 2. The Kier molecular flexibility index (Phi) is 24.0. The molecule has 24 heteroatoms. The van der Waals surface area contributed by atoms with Crippen LogP contribution in [0.4, 0.5) is 0 Å². The van der Waals surface area contributed by atoms with E-state index < -0.39 is 140 Å². The SMILES string of the molecule is CC(C)C[C@H](NC(=O)[C@@H](NC(=O)[C@H](CCCN=C(N)N)NC(=O)CN)C(C)C)C(=O)N[C@H](C(=O)N[C@@H](CCC(N)=O)C(=O)N[C@@H](CC(=O)O)C(=O)NCC(=O)O)C(C)C. The Bertz CT molecular complexity index is 1530. The maximum Gasteiger partial charge on any atom is 0.322 e. The van der Waals surface area contributed by atoms with Gasteiger partial charge in [-0.15, -0.1) is 0 Å². The van der Waals surface area contributed by atoms with Crippen LogP contribution >= 0.6 is 0 Å². The van der Waals surface area contributed by atoms with Gasteiger partial charge in [-0.25, -0.2) is 0 Å². The highest BCUT2D eigenvalue weighted by Gasteiger charge is 2.35. The van der Waals surface area contributed by atoms with Crippen LogP contribution in [-0.4, -0.2) is 131 Å². The Labute approximate surface area is 341 Å². The molecule has 0 aliphatic carbocycles. The highest BCUT2D eigenvalue weighted by molar-refractivity contribution is 5.98. The molecule has 0 fully saturated rings. The summed E-state index contributed by atoms with van der Waals surface area (Å²) in [5.74, 6) is -11.4. The highest BCUT2D eigenvalue weighted by atomic mass is 16.4. The number of rotatable bonds is 28. The van der Waals surface area contributed by atoms with Gasteiger partial charge < -0.3 is 70.4 Å². The minimum absolute atomic E-state index is 0.0707. The van der Waals surface area contributed by atoms with Crippen LogP contribution in [0, 0.1) is 17.8 Å². The summed E-state index contributed by atoms with van der Waals surface area (Å²) in [4.78, 5) is 130. The summed E-state index contributed by atoms with van der Waals surface area (Å²) in [5.41, 5.74) is 21.4. The third-order valence-electron chi connectivity index (χ3n) is 8.35. The van der Waals surface area contributed by atoms with E-state index in [9.17, 15) is 53.1 Å². The molecule has 8 amide bonds. The van der Waals surface area contributed by atoms with Crippen molar-refractivity contribution in [1.82, 2.24) is 37.2 Å². The molecule has 0 saturated heterocycles. The molecule has 0 aromatic heterocycles. The second-order valence-electron chi connectivity index (χ2n) is 14.8. The molecule has 0 heterocycles. The quantitative estimate of drug-likeness (QED) is 0.0200. The average Bonchev–Trinajstić information content (AvgIpc) is 3.12. The van der Waals surface area contributed by atoms with Crippen LogP contribution in [0.15, 0.2) is 4.99 Å². The van der Waals surface area contributed by atoms with Gasteiger partial charge in [-0.1, -0.05) is 41.5 Å². The minimum Gasteiger partial charge on any atom is -0.481 e. The van der Waals surface area contributed by atoms with Crippen molar-refractivity contribution in [2.45, 2.75) is 116 Å². The van der Waals surface area contributed by atoms with Gasteiger partial charge in [-0.3, -0.25) is 52.9 Å². The summed E-state index contributed by atoms with van der Waals surface area (Å²) < 4.78 is 0. The van der Waals surface area contributed by atoms with Crippen molar-refractivity contribution in [3.63, 3.8) is 0 Å². The average molecular weight is 843 g/mol.